The van der Waals surface area contributed by atoms with Crippen LogP contribution < -0.4 is 5.32 Å². The minimum Gasteiger partial charge on any atom is -0.461 e. The van der Waals surface area contributed by atoms with Crippen LogP contribution in [0.3, 0.4) is 0 Å². The van der Waals surface area contributed by atoms with Crippen molar-refractivity contribution >= 4 is 35.1 Å². The smallest absolute Gasteiger partial charge is 0.336 e. The van der Waals surface area contributed by atoms with E-state index in [9.17, 15) is 9.59 Å². The van der Waals surface area contributed by atoms with Crippen molar-refractivity contribution in [3.8, 4) is 0 Å². The fourth-order valence-corrected chi connectivity index (χ4v) is 4.42. The van der Waals surface area contributed by atoms with Crippen molar-refractivity contribution in [2.45, 2.75) is 39.0 Å². The Morgan fingerprint density at radius 3 is 2.85 bits per heavy atom. The molecule has 0 spiro atoms. The van der Waals surface area contributed by atoms with E-state index in [1.54, 1.807) is 17.8 Å². The summed E-state index contributed by atoms with van der Waals surface area (Å²) in [7, 11) is 0. The Balaban J connectivity index is 2.01. The van der Waals surface area contributed by atoms with Gasteiger partial charge in [-0.2, -0.15) is 11.8 Å². The van der Waals surface area contributed by atoms with Gasteiger partial charge in [0.05, 0.1) is 5.57 Å². The van der Waals surface area contributed by atoms with E-state index >= 15 is 0 Å². The van der Waals surface area contributed by atoms with Gasteiger partial charge in [-0.15, -0.1) is 0 Å². The third-order valence-corrected chi connectivity index (χ3v) is 6.08. The maximum atomic E-state index is 12.9. The van der Waals surface area contributed by atoms with Crippen molar-refractivity contribution in [1.29, 1.82) is 0 Å². The number of Topliss-reactive ketones (excluding diaryl/α,β-unsaturated/α-hetero) is 1. The number of halogens is 1. The molecule has 0 amide bonds. The van der Waals surface area contributed by atoms with Gasteiger partial charge in [0.2, 0.25) is 0 Å². The molecule has 1 aliphatic carbocycles. The molecule has 27 heavy (non-hydrogen) atoms. The number of hydrogen-bond acceptors (Lipinski definition) is 5. The summed E-state index contributed by atoms with van der Waals surface area (Å²) < 4.78 is 5.53. The lowest BCUT2D eigenvalue weighted by molar-refractivity contribution is -0.138. The van der Waals surface area contributed by atoms with Gasteiger partial charge < -0.3 is 10.1 Å². The standard InChI is InChI=1S/C21H24ClNO3S/c1-3-27-12-11-26-21(25)18-13(2)23-16-9-6-10-17(24)20(16)19(18)14-7-4-5-8-15(14)22/h4-5,7-8,19,23H,3,6,9-12H2,1-2H3/t19-/m0/s1. The number of ketones is 1. The van der Waals surface area contributed by atoms with Crippen LogP contribution in [0.15, 0.2) is 46.8 Å². The van der Waals surface area contributed by atoms with Crippen molar-refractivity contribution in [1.82, 2.24) is 5.32 Å². The van der Waals surface area contributed by atoms with Gasteiger partial charge in [-0.3, -0.25) is 4.79 Å². The Kier molecular flexibility index (Phi) is 6.66. The van der Waals surface area contributed by atoms with E-state index in [0.717, 1.165) is 41.3 Å². The zero-order valence-electron chi connectivity index (χ0n) is 15.6. The van der Waals surface area contributed by atoms with Crippen molar-refractivity contribution < 1.29 is 14.3 Å². The van der Waals surface area contributed by atoms with E-state index < -0.39 is 5.92 Å². The number of ether oxygens (including phenoxy) is 1. The summed E-state index contributed by atoms with van der Waals surface area (Å²) in [5.41, 5.74) is 3.57. The molecule has 144 valence electrons. The molecule has 3 rings (SSSR count). The molecule has 0 unspecified atom stereocenters. The van der Waals surface area contributed by atoms with Crippen LogP contribution in [0.1, 0.15) is 44.6 Å². The molecule has 1 aromatic rings. The highest BCUT2D eigenvalue weighted by Crippen LogP contribution is 2.44. The third-order valence-electron chi connectivity index (χ3n) is 4.88. The second kappa shape index (κ2) is 8.98. The van der Waals surface area contributed by atoms with Crippen LogP contribution in [0.5, 0.6) is 0 Å². The Hall–Kier alpha value is -1.72. The Morgan fingerprint density at radius 2 is 2.11 bits per heavy atom. The number of nitrogens with one attached hydrogen (secondary N) is 1. The van der Waals surface area contributed by atoms with E-state index in [-0.39, 0.29) is 11.8 Å². The number of rotatable bonds is 6. The number of thioether (sulfide) groups is 1. The van der Waals surface area contributed by atoms with E-state index in [1.807, 2.05) is 25.1 Å². The van der Waals surface area contributed by atoms with Crippen LogP contribution in [-0.2, 0) is 14.3 Å². The SMILES string of the molecule is CCSCCOC(=O)C1=C(C)NC2=C(C(=O)CCC2)[C@H]1c1ccccc1Cl. The lowest BCUT2D eigenvalue weighted by Gasteiger charge is -2.34. The highest BCUT2D eigenvalue weighted by molar-refractivity contribution is 7.99. The first-order valence-corrected chi connectivity index (χ1v) is 10.8. The van der Waals surface area contributed by atoms with Crippen LogP contribution in [-0.4, -0.2) is 29.9 Å². The molecule has 1 aromatic carbocycles. The number of hydrogen-bond donors (Lipinski definition) is 1. The molecule has 1 heterocycles. The maximum absolute atomic E-state index is 12.9. The lowest BCUT2D eigenvalue weighted by Crippen LogP contribution is -2.34. The summed E-state index contributed by atoms with van der Waals surface area (Å²) in [5, 5.41) is 3.84. The van der Waals surface area contributed by atoms with Crippen LogP contribution >= 0.6 is 23.4 Å². The Labute approximate surface area is 169 Å². The van der Waals surface area contributed by atoms with Gasteiger partial charge in [0, 0.05) is 40.1 Å². The monoisotopic (exact) mass is 405 g/mol. The van der Waals surface area contributed by atoms with E-state index in [1.165, 1.54) is 0 Å². The number of carbonyl (C=O) groups excluding carboxylic acids is 2. The lowest BCUT2D eigenvalue weighted by atomic mass is 9.75. The summed E-state index contributed by atoms with van der Waals surface area (Å²) in [6.07, 6.45) is 2.12. The van der Waals surface area contributed by atoms with Gasteiger partial charge in [0.1, 0.15) is 6.61 Å². The first kappa shape index (κ1) is 20.0. The molecule has 1 atom stereocenters. The average molecular weight is 406 g/mol. The molecule has 0 fully saturated rings. The van der Waals surface area contributed by atoms with Crippen molar-refractivity contribution in [2.75, 3.05) is 18.1 Å². The zero-order valence-corrected chi connectivity index (χ0v) is 17.2. The minimum atomic E-state index is -0.478. The highest BCUT2D eigenvalue weighted by atomic mass is 35.5. The van der Waals surface area contributed by atoms with E-state index in [0.29, 0.717) is 29.2 Å². The Morgan fingerprint density at radius 1 is 1.33 bits per heavy atom. The van der Waals surface area contributed by atoms with Crippen LogP contribution in [0.25, 0.3) is 0 Å². The zero-order chi connectivity index (χ0) is 19.4. The van der Waals surface area contributed by atoms with Gasteiger partial charge >= 0.3 is 5.97 Å². The van der Waals surface area contributed by atoms with Gasteiger partial charge in [-0.25, -0.2) is 4.79 Å². The molecule has 1 aliphatic heterocycles. The number of carbonyl (C=O) groups is 2. The van der Waals surface area contributed by atoms with Crippen molar-refractivity contribution in [2.24, 2.45) is 0 Å². The fraction of sp³-hybridized carbons (Fsp3) is 0.429. The molecule has 0 radical (unpaired) electrons. The van der Waals surface area contributed by atoms with E-state index in [2.05, 4.69) is 12.2 Å². The summed E-state index contributed by atoms with van der Waals surface area (Å²) >= 11 is 8.19. The van der Waals surface area contributed by atoms with Gasteiger partial charge in [-0.05, 0) is 37.1 Å². The molecule has 0 bridgehead atoms. The molecule has 6 heteroatoms. The largest absolute Gasteiger partial charge is 0.461 e. The van der Waals surface area contributed by atoms with Gasteiger partial charge in [0.25, 0.3) is 0 Å². The molecule has 4 nitrogen and oxygen atoms in total. The van der Waals surface area contributed by atoms with Crippen LogP contribution in [0.2, 0.25) is 5.02 Å². The average Bonchev–Trinajstić information content (AvgIpc) is 2.65. The first-order valence-electron chi connectivity index (χ1n) is 9.27. The molecular formula is C21H24ClNO3S. The third kappa shape index (κ3) is 4.25. The number of dihydropyridines is 1. The second-order valence-electron chi connectivity index (χ2n) is 6.62. The van der Waals surface area contributed by atoms with Crippen molar-refractivity contribution in [3.63, 3.8) is 0 Å². The minimum absolute atomic E-state index is 0.0769. The topological polar surface area (TPSA) is 55.4 Å². The summed E-state index contributed by atoms with van der Waals surface area (Å²) in [4.78, 5) is 25.7. The summed E-state index contributed by atoms with van der Waals surface area (Å²) in [6, 6.07) is 7.41. The van der Waals surface area contributed by atoms with Gasteiger partial charge in [0.15, 0.2) is 5.78 Å². The molecule has 0 saturated heterocycles. The number of allylic oxidation sites excluding steroid dienone is 3. The van der Waals surface area contributed by atoms with Crippen LogP contribution in [0.4, 0.5) is 0 Å². The summed E-state index contributed by atoms with van der Waals surface area (Å²) in [5.74, 6) is 0.952. The first-order chi connectivity index (χ1) is 13.0. The predicted molar refractivity (Wildman–Crippen MR) is 110 cm³/mol. The Bertz CT molecular complexity index is 815. The molecule has 1 N–H and O–H groups in total. The predicted octanol–water partition coefficient (Wildman–Crippen LogP) is 4.60. The molecule has 2 aliphatic rings. The molecular weight excluding hydrogens is 382 g/mol. The highest BCUT2D eigenvalue weighted by Gasteiger charge is 2.39. The van der Waals surface area contributed by atoms with Crippen LogP contribution in [0, 0.1) is 0 Å². The normalized spacial score (nSPS) is 19.7. The van der Waals surface area contributed by atoms with Gasteiger partial charge in [-0.1, -0.05) is 36.7 Å². The van der Waals surface area contributed by atoms with Crippen molar-refractivity contribution in [3.05, 3.63) is 57.4 Å². The fourth-order valence-electron chi connectivity index (χ4n) is 3.69. The molecule has 0 aromatic heterocycles. The molecule has 0 saturated carbocycles. The number of esters is 1. The summed E-state index contributed by atoms with van der Waals surface area (Å²) in [6.45, 7) is 4.29. The van der Waals surface area contributed by atoms with E-state index in [4.69, 9.17) is 16.3 Å². The quantitative estimate of drug-likeness (QED) is 0.553. The second-order valence-corrected chi connectivity index (χ2v) is 8.42. The maximum Gasteiger partial charge on any atom is 0.336 e. The number of benzene rings is 1.